The zero-order valence-corrected chi connectivity index (χ0v) is 16.2. The van der Waals surface area contributed by atoms with Gasteiger partial charge in [0.05, 0.1) is 28.8 Å². The quantitative estimate of drug-likeness (QED) is 0.704. The Labute approximate surface area is 165 Å². The van der Waals surface area contributed by atoms with Crippen LogP contribution in [-0.4, -0.2) is 41.5 Å². The van der Waals surface area contributed by atoms with Crippen LogP contribution < -0.4 is 10.2 Å². The number of carbonyl (C=O) groups is 2. The molecule has 1 amide bonds. The summed E-state index contributed by atoms with van der Waals surface area (Å²) in [6, 6.07) is 3.12. The Balaban J connectivity index is 2.14. The van der Waals surface area contributed by atoms with E-state index in [9.17, 15) is 22.8 Å². The van der Waals surface area contributed by atoms with Gasteiger partial charge in [-0.2, -0.15) is 13.2 Å². The Bertz CT molecular complexity index is 866. The SMILES string of the molecule is CCN(CC)c1ccc(C(F)(F)F)cc1NC(=O)COC(=O)c1cnc(C)cn1. The van der Waals surface area contributed by atoms with E-state index < -0.39 is 30.2 Å². The Morgan fingerprint density at radius 2 is 1.83 bits per heavy atom. The molecule has 1 aromatic heterocycles. The van der Waals surface area contributed by atoms with Crippen molar-refractivity contribution in [1.82, 2.24) is 9.97 Å². The van der Waals surface area contributed by atoms with Crippen LogP contribution in [0.4, 0.5) is 24.5 Å². The third-order valence-corrected chi connectivity index (χ3v) is 4.03. The second-order valence-corrected chi connectivity index (χ2v) is 6.07. The molecule has 0 aliphatic heterocycles. The Morgan fingerprint density at radius 1 is 1.14 bits per heavy atom. The van der Waals surface area contributed by atoms with Crippen molar-refractivity contribution < 1.29 is 27.5 Å². The summed E-state index contributed by atoms with van der Waals surface area (Å²) in [5, 5.41) is 2.39. The molecule has 1 aromatic carbocycles. The largest absolute Gasteiger partial charge is 0.451 e. The molecule has 0 aliphatic carbocycles. The lowest BCUT2D eigenvalue weighted by Gasteiger charge is -2.25. The Kier molecular flexibility index (Phi) is 7.13. The van der Waals surface area contributed by atoms with Crippen molar-refractivity contribution in [2.24, 2.45) is 0 Å². The number of alkyl halides is 3. The van der Waals surface area contributed by atoms with Gasteiger partial charge < -0.3 is 15.0 Å². The number of hydrogen-bond donors (Lipinski definition) is 1. The van der Waals surface area contributed by atoms with E-state index in [2.05, 4.69) is 15.3 Å². The van der Waals surface area contributed by atoms with E-state index in [1.54, 1.807) is 11.8 Å². The normalized spacial score (nSPS) is 11.1. The first-order valence-corrected chi connectivity index (χ1v) is 8.87. The van der Waals surface area contributed by atoms with Crippen molar-refractivity contribution in [3.05, 3.63) is 47.5 Å². The van der Waals surface area contributed by atoms with E-state index in [1.807, 2.05) is 13.8 Å². The molecule has 0 saturated heterocycles. The third-order valence-electron chi connectivity index (χ3n) is 4.03. The predicted molar refractivity (Wildman–Crippen MR) is 101 cm³/mol. The minimum atomic E-state index is -4.56. The van der Waals surface area contributed by atoms with Gasteiger partial charge in [0.25, 0.3) is 5.91 Å². The first-order valence-electron chi connectivity index (χ1n) is 8.87. The van der Waals surface area contributed by atoms with Crippen LogP contribution in [0.15, 0.2) is 30.6 Å². The van der Waals surface area contributed by atoms with Crippen LogP contribution in [0.1, 0.15) is 35.6 Å². The summed E-state index contributed by atoms with van der Waals surface area (Å²) in [7, 11) is 0. The molecule has 0 fully saturated rings. The molecule has 0 unspecified atom stereocenters. The van der Waals surface area contributed by atoms with Crippen molar-refractivity contribution in [3.8, 4) is 0 Å². The van der Waals surface area contributed by atoms with Crippen LogP contribution in [0.2, 0.25) is 0 Å². The van der Waals surface area contributed by atoms with E-state index in [0.29, 0.717) is 24.5 Å². The van der Waals surface area contributed by atoms with Gasteiger partial charge in [0.2, 0.25) is 0 Å². The van der Waals surface area contributed by atoms with Gasteiger partial charge in [-0.25, -0.2) is 9.78 Å². The molecule has 1 N–H and O–H groups in total. The maximum Gasteiger partial charge on any atom is 0.416 e. The zero-order chi connectivity index (χ0) is 21.6. The van der Waals surface area contributed by atoms with Crippen molar-refractivity contribution in [2.45, 2.75) is 26.9 Å². The number of amides is 1. The molecule has 2 aromatic rings. The van der Waals surface area contributed by atoms with Crippen LogP contribution in [-0.2, 0) is 15.7 Å². The van der Waals surface area contributed by atoms with Crippen LogP contribution in [0, 0.1) is 6.92 Å². The number of rotatable bonds is 7. The standard InChI is InChI=1S/C19H21F3N4O3/c1-4-26(5-2)16-7-6-13(19(20,21)22)8-14(16)25-17(27)11-29-18(28)15-10-23-12(3)9-24-15/h6-10H,4-5,11H2,1-3H3,(H,25,27). The van der Waals surface area contributed by atoms with Crippen molar-refractivity contribution in [1.29, 1.82) is 0 Å². The fraction of sp³-hybridized carbons (Fsp3) is 0.368. The molecule has 0 aliphatic rings. The highest BCUT2D eigenvalue weighted by Crippen LogP contribution is 2.35. The molecule has 0 radical (unpaired) electrons. The number of hydrogen-bond acceptors (Lipinski definition) is 6. The lowest BCUT2D eigenvalue weighted by Crippen LogP contribution is -2.26. The minimum absolute atomic E-state index is 0.0142. The number of nitrogens with one attached hydrogen (secondary N) is 1. The van der Waals surface area contributed by atoms with Gasteiger partial charge in [-0.3, -0.25) is 9.78 Å². The number of anilines is 2. The monoisotopic (exact) mass is 410 g/mol. The third kappa shape index (κ3) is 5.90. The van der Waals surface area contributed by atoms with E-state index in [4.69, 9.17) is 4.74 Å². The fourth-order valence-electron chi connectivity index (χ4n) is 2.54. The van der Waals surface area contributed by atoms with E-state index in [1.165, 1.54) is 18.5 Å². The number of benzene rings is 1. The second-order valence-electron chi connectivity index (χ2n) is 6.07. The highest BCUT2D eigenvalue weighted by molar-refractivity contribution is 5.97. The summed E-state index contributed by atoms with van der Waals surface area (Å²) in [5.41, 5.74) is 0.0569. The molecular formula is C19H21F3N4O3. The topological polar surface area (TPSA) is 84.4 Å². The van der Waals surface area contributed by atoms with Crippen molar-refractivity contribution in [3.63, 3.8) is 0 Å². The molecule has 0 bridgehead atoms. The van der Waals surface area contributed by atoms with Crippen LogP contribution in [0.5, 0.6) is 0 Å². The summed E-state index contributed by atoms with van der Waals surface area (Å²) in [5.74, 6) is -1.63. The summed E-state index contributed by atoms with van der Waals surface area (Å²) in [4.78, 5) is 33.6. The first kappa shape index (κ1) is 22.1. The summed E-state index contributed by atoms with van der Waals surface area (Å²) in [6.07, 6.45) is -1.98. The van der Waals surface area contributed by atoms with E-state index in [0.717, 1.165) is 12.1 Å². The number of esters is 1. The van der Waals surface area contributed by atoms with Crippen LogP contribution in [0.25, 0.3) is 0 Å². The zero-order valence-electron chi connectivity index (χ0n) is 16.2. The molecule has 1 heterocycles. The van der Waals surface area contributed by atoms with Gasteiger partial charge in [-0.05, 0) is 39.0 Å². The number of aromatic nitrogens is 2. The van der Waals surface area contributed by atoms with Gasteiger partial charge in [-0.15, -0.1) is 0 Å². The molecule has 0 atom stereocenters. The first-order chi connectivity index (χ1) is 13.7. The summed E-state index contributed by atoms with van der Waals surface area (Å²) in [6.45, 7) is 5.77. The van der Waals surface area contributed by atoms with Crippen LogP contribution >= 0.6 is 0 Å². The summed E-state index contributed by atoms with van der Waals surface area (Å²) < 4.78 is 44.1. The molecular weight excluding hydrogens is 389 g/mol. The lowest BCUT2D eigenvalue weighted by atomic mass is 10.1. The Hall–Kier alpha value is -3.17. The molecule has 29 heavy (non-hydrogen) atoms. The number of ether oxygens (including phenoxy) is 1. The molecule has 156 valence electrons. The summed E-state index contributed by atoms with van der Waals surface area (Å²) >= 11 is 0. The predicted octanol–water partition coefficient (Wildman–Crippen LogP) is 3.45. The molecule has 10 heteroatoms. The van der Waals surface area contributed by atoms with Crippen LogP contribution in [0.3, 0.4) is 0 Å². The Morgan fingerprint density at radius 3 is 2.38 bits per heavy atom. The maximum atomic E-state index is 13.1. The van der Waals surface area contributed by atoms with Gasteiger partial charge in [-0.1, -0.05) is 0 Å². The molecule has 0 saturated carbocycles. The number of aryl methyl sites for hydroxylation is 1. The number of nitrogens with zero attached hydrogens (tertiary/aromatic N) is 3. The molecule has 7 nitrogen and oxygen atoms in total. The maximum absolute atomic E-state index is 13.1. The fourth-order valence-corrected chi connectivity index (χ4v) is 2.54. The van der Waals surface area contributed by atoms with Crippen molar-refractivity contribution >= 4 is 23.3 Å². The lowest BCUT2D eigenvalue weighted by molar-refractivity contribution is -0.137. The number of halogens is 3. The van der Waals surface area contributed by atoms with Gasteiger partial charge >= 0.3 is 12.1 Å². The smallest absolute Gasteiger partial charge is 0.416 e. The average Bonchev–Trinajstić information content (AvgIpc) is 2.67. The van der Waals surface area contributed by atoms with E-state index >= 15 is 0 Å². The van der Waals surface area contributed by atoms with Gasteiger partial charge in [0.15, 0.2) is 12.3 Å². The molecule has 0 spiro atoms. The molecule has 2 rings (SSSR count). The average molecular weight is 410 g/mol. The number of carbonyl (C=O) groups excluding carboxylic acids is 2. The second kappa shape index (κ2) is 9.35. The van der Waals surface area contributed by atoms with Gasteiger partial charge in [0.1, 0.15) is 0 Å². The van der Waals surface area contributed by atoms with Gasteiger partial charge in [0, 0.05) is 19.3 Å². The minimum Gasteiger partial charge on any atom is -0.451 e. The highest BCUT2D eigenvalue weighted by atomic mass is 19.4. The van der Waals surface area contributed by atoms with Crippen molar-refractivity contribution in [2.75, 3.05) is 29.9 Å². The van der Waals surface area contributed by atoms with E-state index in [-0.39, 0.29) is 11.4 Å². The highest BCUT2D eigenvalue weighted by Gasteiger charge is 2.31.